The number of carbonyl (C=O) groups excluding carboxylic acids is 1. The van der Waals surface area contributed by atoms with Crippen LogP contribution < -0.4 is 14.2 Å². The Labute approximate surface area is 165 Å². The van der Waals surface area contributed by atoms with Crippen LogP contribution in [0, 0.1) is 0 Å². The van der Waals surface area contributed by atoms with Crippen molar-refractivity contribution >= 4 is 27.6 Å². The molecule has 6 nitrogen and oxygen atoms in total. The number of rotatable bonds is 10. The largest absolute Gasteiger partial charge is 0.493 e. The zero-order valence-electron chi connectivity index (χ0n) is 15.8. The second-order valence-corrected chi connectivity index (χ2v) is 7.80. The van der Waals surface area contributed by atoms with Crippen LogP contribution in [0.25, 0.3) is 6.08 Å². The fraction of sp³-hybridized carbons (Fsp3) is 0.190. The van der Waals surface area contributed by atoms with Crippen molar-refractivity contribution in [2.75, 3.05) is 24.2 Å². The Hall–Kier alpha value is -3.06. The van der Waals surface area contributed by atoms with Gasteiger partial charge in [-0.05, 0) is 55.0 Å². The van der Waals surface area contributed by atoms with Gasteiger partial charge in [-0.1, -0.05) is 24.8 Å². The summed E-state index contributed by atoms with van der Waals surface area (Å²) in [5.74, 6) is 0.938. The molecule has 0 bridgehead atoms. The molecule has 0 aliphatic heterocycles. The van der Waals surface area contributed by atoms with E-state index in [4.69, 9.17) is 9.47 Å². The Bertz CT molecular complexity index is 963. The molecule has 2 rings (SSSR count). The average Bonchev–Trinajstić information content (AvgIpc) is 2.71. The van der Waals surface area contributed by atoms with Gasteiger partial charge in [-0.2, -0.15) is 0 Å². The van der Waals surface area contributed by atoms with Crippen molar-refractivity contribution in [3.8, 4) is 11.5 Å². The van der Waals surface area contributed by atoms with E-state index >= 15 is 0 Å². The summed E-state index contributed by atoms with van der Waals surface area (Å²) in [6.45, 7) is 5.53. The van der Waals surface area contributed by atoms with E-state index in [1.165, 1.54) is 6.08 Å². The van der Waals surface area contributed by atoms with Gasteiger partial charge in [0.2, 0.25) is 10.0 Å². The lowest BCUT2D eigenvalue weighted by Crippen LogP contribution is -2.14. The van der Waals surface area contributed by atoms with Crippen LogP contribution in [0.2, 0.25) is 0 Å². The third-order valence-corrected chi connectivity index (χ3v) is 5.10. The number of benzene rings is 2. The Morgan fingerprint density at radius 3 is 2.46 bits per heavy atom. The molecule has 0 unspecified atom stereocenters. The molecule has 0 spiro atoms. The molecule has 2 aromatic carbocycles. The highest BCUT2D eigenvalue weighted by Gasteiger charge is 2.08. The Morgan fingerprint density at radius 2 is 1.86 bits per heavy atom. The molecular formula is C21H23NO5S. The number of hydrogen-bond acceptors (Lipinski definition) is 5. The van der Waals surface area contributed by atoms with Crippen molar-refractivity contribution in [2.45, 2.75) is 6.92 Å². The van der Waals surface area contributed by atoms with Crippen molar-refractivity contribution in [3.63, 3.8) is 0 Å². The predicted octanol–water partition coefficient (Wildman–Crippen LogP) is 3.92. The molecule has 0 radical (unpaired) electrons. The number of methoxy groups -OCH3 is 1. The van der Waals surface area contributed by atoms with E-state index in [-0.39, 0.29) is 11.5 Å². The van der Waals surface area contributed by atoms with E-state index in [1.54, 1.807) is 62.6 Å². The topological polar surface area (TPSA) is 81.7 Å². The van der Waals surface area contributed by atoms with Gasteiger partial charge in [-0.15, -0.1) is 0 Å². The number of ether oxygens (including phenoxy) is 2. The first-order chi connectivity index (χ1) is 13.4. The SMILES string of the molecule is C=CCOc1ccc(/C=C/C(=O)c2ccc(NS(=O)(=O)CC)cc2)cc1OC. The van der Waals surface area contributed by atoms with Gasteiger partial charge in [0.05, 0.1) is 12.9 Å². The van der Waals surface area contributed by atoms with Crippen LogP contribution in [0.3, 0.4) is 0 Å². The maximum absolute atomic E-state index is 12.3. The molecule has 0 aliphatic carbocycles. The maximum Gasteiger partial charge on any atom is 0.232 e. The quantitative estimate of drug-likeness (QED) is 0.371. The highest BCUT2D eigenvalue weighted by molar-refractivity contribution is 7.92. The van der Waals surface area contributed by atoms with Crippen LogP contribution >= 0.6 is 0 Å². The van der Waals surface area contributed by atoms with Gasteiger partial charge in [0.25, 0.3) is 0 Å². The van der Waals surface area contributed by atoms with Crippen LogP contribution in [-0.2, 0) is 10.0 Å². The third-order valence-electron chi connectivity index (χ3n) is 3.79. The molecule has 0 saturated heterocycles. The van der Waals surface area contributed by atoms with Gasteiger partial charge in [0.15, 0.2) is 17.3 Å². The van der Waals surface area contributed by atoms with Crippen LogP contribution in [0.15, 0.2) is 61.2 Å². The summed E-state index contributed by atoms with van der Waals surface area (Å²) in [4.78, 5) is 12.3. The predicted molar refractivity (Wildman–Crippen MR) is 112 cm³/mol. The summed E-state index contributed by atoms with van der Waals surface area (Å²) in [6, 6.07) is 11.6. The first-order valence-corrected chi connectivity index (χ1v) is 10.3. The molecule has 7 heteroatoms. The molecular weight excluding hydrogens is 378 g/mol. The molecule has 2 aromatic rings. The molecule has 0 heterocycles. The van der Waals surface area contributed by atoms with Crippen LogP contribution in [0.1, 0.15) is 22.8 Å². The Morgan fingerprint density at radius 1 is 1.14 bits per heavy atom. The van der Waals surface area contributed by atoms with E-state index in [9.17, 15) is 13.2 Å². The number of hydrogen-bond donors (Lipinski definition) is 1. The number of allylic oxidation sites excluding steroid dienone is 1. The zero-order valence-corrected chi connectivity index (χ0v) is 16.7. The van der Waals surface area contributed by atoms with Gasteiger partial charge in [0, 0.05) is 11.3 Å². The van der Waals surface area contributed by atoms with Crippen LogP contribution in [0.4, 0.5) is 5.69 Å². The van der Waals surface area contributed by atoms with E-state index in [1.807, 2.05) is 6.07 Å². The first kappa shape index (κ1) is 21.2. The number of ketones is 1. The van der Waals surface area contributed by atoms with Crippen LogP contribution in [-0.4, -0.2) is 33.7 Å². The number of nitrogens with one attached hydrogen (secondary N) is 1. The number of anilines is 1. The molecule has 0 saturated carbocycles. The van der Waals surface area contributed by atoms with Gasteiger partial charge in [-0.25, -0.2) is 8.42 Å². The highest BCUT2D eigenvalue weighted by atomic mass is 32.2. The first-order valence-electron chi connectivity index (χ1n) is 8.63. The Kier molecular flexibility index (Phi) is 7.40. The minimum atomic E-state index is -3.34. The maximum atomic E-state index is 12.3. The van der Waals surface area contributed by atoms with E-state index < -0.39 is 10.0 Å². The van der Waals surface area contributed by atoms with Gasteiger partial charge in [-0.3, -0.25) is 9.52 Å². The fourth-order valence-electron chi connectivity index (χ4n) is 2.28. The van der Waals surface area contributed by atoms with Crippen molar-refractivity contribution in [1.82, 2.24) is 0 Å². The van der Waals surface area contributed by atoms with E-state index in [2.05, 4.69) is 11.3 Å². The van der Waals surface area contributed by atoms with E-state index in [0.29, 0.717) is 29.4 Å². The summed E-state index contributed by atoms with van der Waals surface area (Å²) in [7, 11) is -1.80. The average molecular weight is 401 g/mol. The van der Waals surface area contributed by atoms with Crippen molar-refractivity contribution in [1.29, 1.82) is 0 Å². The lowest BCUT2D eigenvalue weighted by atomic mass is 10.1. The van der Waals surface area contributed by atoms with Gasteiger partial charge >= 0.3 is 0 Å². The van der Waals surface area contributed by atoms with Crippen LogP contribution in [0.5, 0.6) is 11.5 Å². The van der Waals surface area contributed by atoms with Gasteiger partial charge < -0.3 is 9.47 Å². The second kappa shape index (κ2) is 9.75. The smallest absolute Gasteiger partial charge is 0.232 e. The zero-order chi connectivity index (χ0) is 20.6. The summed E-state index contributed by atoms with van der Waals surface area (Å²) in [5, 5.41) is 0. The molecule has 0 fully saturated rings. The fourth-order valence-corrected chi connectivity index (χ4v) is 2.92. The van der Waals surface area contributed by atoms with E-state index in [0.717, 1.165) is 5.56 Å². The minimum absolute atomic E-state index is 0.0166. The third kappa shape index (κ3) is 5.99. The summed E-state index contributed by atoms with van der Waals surface area (Å²) >= 11 is 0. The Balaban J connectivity index is 2.09. The molecule has 28 heavy (non-hydrogen) atoms. The normalized spacial score (nSPS) is 11.2. The monoisotopic (exact) mass is 401 g/mol. The van der Waals surface area contributed by atoms with Crippen molar-refractivity contribution in [3.05, 3.63) is 72.3 Å². The highest BCUT2D eigenvalue weighted by Crippen LogP contribution is 2.28. The standard InChI is InChI=1S/C21H23NO5S/c1-4-14-27-20-13-7-16(15-21(20)26-3)6-12-19(23)17-8-10-18(11-9-17)22-28(24,25)5-2/h4,6-13,15,22H,1,5,14H2,2-3H3/b12-6+. The second-order valence-electron chi connectivity index (χ2n) is 5.79. The van der Waals surface area contributed by atoms with Crippen molar-refractivity contribution in [2.24, 2.45) is 0 Å². The molecule has 0 aliphatic rings. The summed E-state index contributed by atoms with van der Waals surface area (Å²) in [5.41, 5.74) is 1.65. The molecule has 0 atom stereocenters. The molecule has 0 aromatic heterocycles. The molecule has 0 amide bonds. The summed E-state index contributed by atoms with van der Waals surface area (Å²) < 4.78 is 36.4. The summed E-state index contributed by atoms with van der Waals surface area (Å²) in [6.07, 6.45) is 4.77. The lowest BCUT2D eigenvalue weighted by Gasteiger charge is -2.09. The minimum Gasteiger partial charge on any atom is -0.493 e. The molecule has 1 N–H and O–H groups in total. The number of sulfonamides is 1. The lowest BCUT2D eigenvalue weighted by molar-refractivity contribution is 0.104. The molecule has 148 valence electrons. The van der Waals surface area contributed by atoms with Gasteiger partial charge in [0.1, 0.15) is 6.61 Å². The van der Waals surface area contributed by atoms with Crippen molar-refractivity contribution < 1.29 is 22.7 Å². The number of carbonyl (C=O) groups is 1.